The number of fused-ring (bicyclic) bond motifs is 1. The highest BCUT2D eigenvalue weighted by molar-refractivity contribution is 5.95. The predicted octanol–water partition coefficient (Wildman–Crippen LogP) is 0.483. The van der Waals surface area contributed by atoms with Gasteiger partial charge in [0.2, 0.25) is 0 Å². The first-order valence-corrected chi connectivity index (χ1v) is 8.99. The summed E-state index contributed by atoms with van der Waals surface area (Å²) in [6.07, 6.45) is 1.60. The van der Waals surface area contributed by atoms with Crippen molar-refractivity contribution < 1.29 is 14.7 Å². The van der Waals surface area contributed by atoms with Gasteiger partial charge in [0.25, 0.3) is 11.8 Å². The molecule has 0 spiro atoms. The average molecular weight is 372 g/mol. The summed E-state index contributed by atoms with van der Waals surface area (Å²) in [6, 6.07) is 1.68. The summed E-state index contributed by atoms with van der Waals surface area (Å²) >= 11 is 0. The summed E-state index contributed by atoms with van der Waals surface area (Å²) in [6.45, 7) is 7.26. The van der Waals surface area contributed by atoms with Gasteiger partial charge >= 0.3 is 0 Å². The molecule has 2 aromatic heterocycles. The SMILES string of the molecule is Cc1nc(C(C)C)ncc1C(=O)N1CCn2nc(C(=O)NCCO)cc2C1. The van der Waals surface area contributed by atoms with E-state index in [9.17, 15) is 9.59 Å². The molecule has 2 amide bonds. The topological polar surface area (TPSA) is 113 Å². The maximum Gasteiger partial charge on any atom is 0.271 e. The van der Waals surface area contributed by atoms with Crippen LogP contribution in [0.3, 0.4) is 0 Å². The Kier molecular flexibility index (Phi) is 5.50. The highest BCUT2D eigenvalue weighted by Crippen LogP contribution is 2.18. The molecule has 0 bridgehead atoms. The first kappa shape index (κ1) is 19.0. The molecule has 0 saturated heterocycles. The maximum atomic E-state index is 12.9. The molecule has 0 saturated carbocycles. The summed E-state index contributed by atoms with van der Waals surface area (Å²) in [5.41, 5.74) is 2.24. The van der Waals surface area contributed by atoms with E-state index in [4.69, 9.17) is 5.11 Å². The van der Waals surface area contributed by atoms with E-state index in [1.165, 1.54) is 0 Å². The molecule has 0 radical (unpaired) electrons. The smallest absolute Gasteiger partial charge is 0.271 e. The Balaban J connectivity index is 1.75. The van der Waals surface area contributed by atoms with Crippen molar-refractivity contribution >= 4 is 11.8 Å². The number of aliphatic hydroxyl groups excluding tert-OH is 1. The van der Waals surface area contributed by atoms with Gasteiger partial charge in [0.05, 0.1) is 36.6 Å². The van der Waals surface area contributed by atoms with Crippen LogP contribution < -0.4 is 5.32 Å². The number of carbonyl (C=O) groups is 2. The van der Waals surface area contributed by atoms with Gasteiger partial charge in [-0.3, -0.25) is 14.3 Å². The molecule has 0 fully saturated rings. The lowest BCUT2D eigenvalue weighted by Crippen LogP contribution is -2.38. The van der Waals surface area contributed by atoms with E-state index in [0.29, 0.717) is 30.9 Å². The number of aryl methyl sites for hydroxylation is 1. The predicted molar refractivity (Wildman–Crippen MR) is 97.2 cm³/mol. The fourth-order valence-electron chi connectivity index (χ4n) is 2.95. The number of rotatable bonds is 5. The number of aliphatic hydroxyl groups is 1. The van der Waals surface area contributed by atoms with Crippen LogP contribution in [0.15, 0.2) is 12.3 Å². The Bertz CT molecular complexity index is 861. The number of hydrogen-bond acceptors (Lipinski definition) is 6. The second kappa shape index (κ2) is 7.83. The molecule has 2 N–H and O–H groups in total. The highest BCUT2D eigenvalue weighted by atomic mass is 16.3. The van der Waals surface area contributed by atoms with E-state index in [1.807, 2.05) is 20.8 Å². The van der Waals surface area contributed by atoms with Crippen molar-refractivity contribution in [1.29, 1.82) is 0 Å². The minimum atomic E-state index is -0.336. The van der Waals surface area contributed by atoms with Crippen LogP contribution in [0.25, 0.3) is 0 Å². The molecule has 0 atom stereocenters. The van der Waals surface area contributed by atoms with Gasteiger partial charge in [-0.2, -0.15) is 5.10 Å². The van der Waals surface area contributed by atoms with Crippen LogP contribution in [-0.2, 0) is 13.1 Å². The monoisotopic (exact) mass is 372 g/mol. The molecule has 0 aromatic carbocycles. The van der Waals surface area contributed by atoms with Crippen LogP contribution in [0.4, 0.5) is 0 Å². The van der Waals surface area contributed by atoms with Gasteiger partial charge in [0.15, 0.2) is 5.69 Å². The fraction of sp³-hybridized carbons (Fsp3) is 0.500. The minimum Gasteiger partial charge on any atom is -0.395 e. The first-order valence-electron chi connectivity index (χ1n) is 8.99. The zero-order valence-electron chi connectivity index (χ0n) is 15.8. The van der Waals surface area contributed by atoms with Crippen molar-refractivity contribution in [3.8, 4) is 0 Å². The molecule has 27 heavy (non-hydrogen) atoms. The van der Waals surface area contributed by atoms with Gasteiger partial charge in [0, 0.05) is 25.2 Å². The number of aromatic nitrogens is 4. The molecule has 2 aromatic rings. The van der Waals surface area contributed by atoms with Crippen molar-refractivity contribution in [2.45, 2.75) is 39.8 Å². The summed E-state index contributed by atoms with van der Waals surface area (Å²) < 4.78 is 1.74. The molecular formula is C18H24N6O3. The van der Waals surface area contributed by atoms with Gasteiger partial charge < -0.3 is 15.3 Å². The molecule has 1 aliphatic heterocycles. The van der Waals surface area contributed by atoms with E-state index >= 15 is 0 Å². The van der Waals surface area contributed by atoms with Gasteiger partial charge in [-0.25, -0.2) is 9.97 Å². The summed E-state index contributed by atoms with van der Waals surface area (Å²) in [4.78, 5) is 35.4. The third-order valence-electron chi connectivity index (χ3n) is 4.46. The van der Waals surface area contributed by atoms with Crippen molar-refractivity contribution in [1.82, 2.24) is 30.0 Å². The van der Waals surface area contributed by atoms with Crippen LogP contribution in [0, 0.1) is 6.92 Å². The van der Waals surface area contributed by atoms with Gasteiger partial charge in [0.1, 0.15) is 5.82 Å². The lowest BCUT2D eigenvalue weighted by molar-refractivity contribution is 0.0703. The summed E-state index contributed by atoms with van der Waals surface area (Å²) in [7, 11) is 0. The van der Waals surface area contributed by atoms with E-state index in [-0.39, 0.29) is 36.6 Å². The van der Waals surface area contributed by atoms with E-state index in [1.54, 1.807) is 21.8 Å². The zero-order chi connectivity index (χ0) is 19.6. The number of nitrogens with zero attached hydrogens (tertiary/aromatic N) is 5. The number of amides is 2. The third kappa shape index (κ3) is 3.97. The Morgan fingerprint density at radius 3 is 2.78 bits per heavy atom. The quantitative estimate of drug-likeness (QED) is 0.789. The van der Waals surface area contributed by atoms with Crippen LogP contribution in [-0.4, -0.2) is 61.3 Å². The lowest BCUT2D eigenvalue weighted by Gasteiger charge is -2.28. The second-order valence-electron chi connectivity index (χ2n) is 6.83. The van der Waals surface area contributed by atoms with Gasteiger partial charge in [-0.15, -0.1) is 0 Å². The maximum absolute atomic E-state index is 12.9. The van der Waals surface area contributed by atoms with Crippen molar-refractivity contribution in [2.24, 2.45) is 0 Å². The molecule has 9 nitrogen and oxygen atoms in total. The summed E-state index contributed by atoms with van der Waals surface area (Å²) in [5, 5.41) is 15.7. The molecule has 144 valence electrons. The van der Waals surface area contributed by atoms with E-state index in [0.717, 1.165) is 11.5 Å². The van der Waals surface area contributed by atoms with Crippen molar-refractivity contribution in [3.05, 3.63) is 40.7 Å². The van der Waals surface area contributed by atoms with E-state index in [2.05, 4.69) is 20.4 Å². The molecular weight excluding hydrogens is 348 g/mol. The lowest BCUT2D eigenvalue weighted by atomic mass is 10.1. The summed E-state index contributed by atoms with van der Waals surface area (Å²) in [5.74, 6) is 0.464. The molecule has 9 heteroatoms. The first-order chi connectivity index (χ1) is 12.9. The third-order valence-corrected chi connectivity index (χ3v) is 4.46. The van der Waals surface area contributed by atoms with Gasteiger partial charge in [-0.05, 0) is 13.0 Å². The minimum absolute atomic E-state index is 0.124. The van der Waals surface area contributed by atoms with Crippen LogP contribution >= 0.6 is 0 Å². The van der Waals surface area contributed by atoms with E-state index < -0.39 is 0 Å². The second-order valence-corrected chi connectivity index (χ2v) is 6.83. The van der Waals surface area contributed by atoms with Crippen molar-refractivity contribution in [2.75, 3.05) is 19.7 Å². The highest BCUT2D eigenvalue weighted by Gasteiger charge is 2.26. The van der Waals surface area contributed by atoms with Gasteiger partial charge in [-0.1, -0.05) is 13.8 Å². The number of nitrogens with one attached hydrogen (secondary N) is 1. The van der Waals surface area contributed by atoms with Crippen LogP contribution in [0.2, 0.25) is 0 Å². The Morgan fingerprint density at radius 2 is 2.11 bits per heavy atom. The van der Waals surface area contributed by atoms with Crippen LogP contribution in [0.1, 0.15) is 57.8 Å². The number of hydrogen-bond donors (Lipinski definition) is 2. The fourth-order valence-corrected chi connectivity index (χ4v) is 2.95. The van der Waals surface area contributed by atoms with Crippen molar-refractivity contribution in [3.63, 3.8) is 0 Å². The largest absolute Gasteiger partial charge is 0.395 e. The molecule has 3 rings (SSSR count). The normalized spacial score (nSPS) is 13.6. The standard InChI is InChI=1S/C18H24N6O3/c1-11(2)16-20-9-14(12(3)21-16)18(27)23-5-6-24-13(10-23)8-15(22-24)17(26)19-4-7-25/h8-9,11,25H,4-7,10H2,1-3H3,(H,19,26). The average Bonchev–Trinajstić information content (AvgIpc) is 3.08. The Morgan fingerprint density at radius 1 is 1.33 bits per heavy atom. The Labute approximate surface area is 157 Å². The van der Waals surface area contributed by atoms with Crippen LogP contribution in [0.5, 0.6) is 0 Å². The number of carbonyl (C=O) groups excluding carboxylic acids is 2. The molecule has 0 aliphatic carbocycles. The Hall–Kier alpha value is -2.81. The zero-order valence-corrected chi connectivity index (χ0v) is 15.8. The molecule has 3 heterocycles. The molecule has 0 unspecified atom stereocenters. The molecule has 1 aliphatic rings.